The molecule has 19 heteroatoms. The third-order valence-electron chi connectivity index (χ3n) is 11.0. The van der Waals surface area contributed by atoms with E-state index in [2.05, 4.69) is 21.3 Å². The first-order valence-corrected chi connectivity index (χ1v) is 21.9. The normalized spacial score (nSPS) is 14.9. The molecule has 7 amide bonds. The fourth-order valence-corrected chi connectivity index (χ4v) is 7.68. The number of unbranched alkanes of at least 4 members (excludes halogenated alkanes) is 2. The van der Waals surface area contributed by atoms with Crippen LogP contribution in [0.4, 0.5) is 8.78 Å². The Labute approximate surface area is 383 Å². The Bertz CT molecular complexity index is 2210. The molecule has 1 aliphatic heterocycles. The molecular weight excluding hydrogens is 859 g/mol. The van der Waals surface area contributed by atoms with Crippen LogP contribution in [0, 0.1) is 17.0 Å². The number of hydrogen-bond acceptors (Lipinski definition) is 10. The first-order chi connectivity index (χ1) is 31.2. The predicted octanol–water partition coefficient (Wildman–Crippen LogP) is 2.54. The summed E-state index contributed by atoms with van der Waals surface area (Å²) in [5.41, 5.74) is 6.62. The van der Waals surface area contributed by atoms with Crippen LogP contribution in [-0.2, 0) is 40.1 Å². The van der Waals surface area contributed by atoms with Gasteiger partial charge in [-0.2, -0.15) is 0 Å². The van der Waals surface area contributed by atoms with Gasteiger partial charge in [0.2, 0.25) is 29.5 Å². The molecule has 0 aliphatic carbocycles. The molecule has 17 nitrogen and oxygen atoms in total. The number of imide groups is 1. The van der Waals surface area contributed by atoms with E-state index in [1.165, 1.54) is 30.9 Å². The Balaban J connectivity index is 1.36. The molecule has 0 spiro atoms. The van der Waals surface area contributed by atoms with Crippen molar-refractivity contribution in [3.63, 3.8) is 0 Å². The summed E-state index contributed by atoms with van der Waals surface area (Å²) in [6, 6.07) is 10.0. The second kappa shape index (κ2) is 24.3. The maximum absolute atomic E-state index is 15.1. The summed E-state index contributed by atoms with van der Waals surface area (Å²) >= 11 is 0. The summed E-state index contributed by atoms with van der Waals surface area (Å²) in [6.07, 6.45) is 4.60. The SMILES string of the molecule is C[C@H](NC(O)CCCCCN1C(=O)C=CC1=O)C(=O)N[C@H](C)C(=O)N[C@@H](CC(N)=O)C(=O)NCCCN(C(=O)CO)[C@@H](c1cc(-c2cc(F)ccc2F)cn1Cc1ccccc1)C(C)(C)C. The number of nitrogens with zero attached hydrogens (tertiary/aromatic N) is 3. The van der Waals surface area contributed by atoms with Gasteiger partial charge in [-0.3, -0.25) is 43.8 Å². The summed E-state index contributed by atoms with van der Waals surface area (Å²) in [5.74, 6) is -5.70. The lowest BCUT2D eigenvalue weighted by Gasteiger charge is -2.41. The second-order valence-corrected chi connectivity index (χ2v) is 17.4. The Kier molecular flexibility index (Phi) is 19.2. The van der Waals surface area contributed by atoms with Crippen LogP contribution in [0.15, 0.2) is 72.9 Å². The van der Waals surface area contributed by atoms with Crippen LogP contribution in [0.25, 0.3) is 11.1 Å². The Morgan fingerprint density at radius 1 is 0.848 bits per heavy atom. The van der Waals surface area contributed by atoms with Gasteiger partial charge in [-0.05, 0) is 74.8 Å². The summed E-state index contributed by atoms with van der Waals surface area (Å²) in [5, 5.41) is 30.9. The van der Waals surface area contributed by atoms with Gasteiger partial charge in [0, 0.05) is 61.3 Å². The average molecular weight is 921 g/mol. The summed E-state index contributed by atoms with van der Waals surface area (Å²) in [7, 11) is 0. The maximum atomic E-state index is 15.1. The first kappa shape index (κ1) is 52.3. The molecule has 4 rings (SSSR count). The van der Waals surface area contributed by atoms with Crippen molar-refractivity contribution in [2.24, 2.45) is 11.1 Å². The number of benzene rings is 2. The van der Waals surface area contributed by atoms with Crippen molar-refractivity contribution >= 4 is 41.4 Å². The number of rotatable bonds is 25. The molecule has 3 aromatic rings. The summed E-state index contributed by atoms with van der Waals surface area (Å²) in [4.78, 5) is 91.0. The molecule has 5 atom stereocenters. The van der Waals surface area contributed by atoms with E-state index in [1.54, 1.807) is 12.3 Å². The lowest BCUT2D eigenvalue weighted by molar-refractivity contribution is -0.140. The van der Waals surface area contributed by atoms with Crippen molar-refractivity contribution in [2.45, 2.75) is 110 Å². The molecule has 0 saturated heterocycles. The number of aromatic nitrogens is 1. The van der Waals surface area contributed by atoms with Crippen molar-refractivity contribution in [3.8, 4) is 11.1 Å². The van der Waals surface area contributed by atoms with Gasteiger partial charge in [0.25, 0.3) is 11.8 Å². The molecule has 0 fully saturated rings. The molecule has 0 radical (unpaired) electrons. The third-order valence-corrected chi connectivity index (χ3v) is 11.0. The van der Waals surface area contributed by atoms with Crippen molar-refractivity contribution < 1.29 is 52.6 Å². The van der Waals surface area contributed by atoms with Crippen LogP contribution in [0.3, 0.4) is 0 Å². The largest absolute Gasteiger partial charge is 0.387 e. The van der Waals surface area contributed by atoms with E-state index >= 15 is 4.39 Å². The number of hydrogen-bond donors (Lipinski definition) is 7. The van der Waals surface area contributed by atoms with Crippen molar-refractivity contribution in [3.05, 3.63) is 95.8 Å². The van der Waals surface area contributed by atoms with Crippen LogP contribution < -0.4 is 27.0 Å². The summed E-state index contributed by atoms with van der Waals surface area (Å²) in [6.45, 7) is 8.26. The molecule has 1 aromatic heterocycles. The average Bonchev–Trinajstić information content (AvgIpc) is 3.81. The number of carbonyl (C=O) groups is 7. The van der Waals surface area contributed by atoms with Gasteiger partial charge in [0.1, 0.15) is 36.6 Å². The number of aliphatic hydroxyl groups is 2. The standard InChI is InChI=1S/C47H62F2N8O9/c1-29(52-39(60)15-10-7-11-21-56-40(61)18-19-41(56)62)44(64)53-30(2)45(65)54-36(25-38(50)59)46(66)51-20-12-22-57(42(63)28-58)43(47(3,4)5)37-23-32(34-24-33(48)16-17-35(34)49)27-55(37)26-31-13-8-6-9-14-31/h6,8-9,13-14,16-19,23-24,27,29-30,36,39,43,52,58,60H,7,10-12,15,20-22,25-26,28H2,1-5H3,(H2,50,59)(H,51,66)(H,53,64)(H,54,65)/t29-,30+,36-,39?,43-/m0/s1. The highest BCUT2D eigenvalue weighted by molar-refractivity contribution is 6.12. The van der Waals surface area contributed by atoms with Gasteiger partial charge in [0.05, 0.1) is 18.5 Å². The number of primary amides is 1. The van der Waals surface area contributed by atoms with Gasteiger partial charge in [-0.15, -0.1) is 0 Å². The molecule has 2 aromatic carbocycles. The van der Waals surface area contributed by atoms with Crippen molar-refractivity contribution in [2.75, 3.05) is 26.2 Å². The zero-order valence-electron chi connectivity index (χ0n) is 38.0. The highest BCUT2D eigenvalue weighted by Gasteiger charge is 2.37. The van der Waals surface area contributed by atoms with E-state index in [9.17, 15) is 48.2 Å². The van der Waals surface area contributed by atoms with Gasteiger partial charge in [-0.1, -0.05) is 57.5 Å². The molecule has 1 aliphatic rings. The van der Waals surface area contributed by atoms with Crippen molar-refractivity contribution in [1.82, 2.24) is 35.6 Å². The second-order valence-electron chi connectivity index (χ2n) is 17.4. The topological polar surface area (TPSA) is 246 Å². The maximum Gasteiger partial charge on any atom is 0.253 e. The highest BCUT2D eigenvalue weighted by Crippen LogP contribution is 2.41. The molecule has 2 heterocycles. The van der Waals surface area contributed by atoms with Crippen LogP contribution in [0.5, 0.6) is 0 Å². The zero-order valence-corrected chi connectivity index (χ0v) is 38.0. The molecule has 358 valence electrons. The minimum absolute atomic E-state index is 0.0135. The van der Waals surface area contributed by atoms with E-state index in [0.29, 0.717) is 37.1 Å². The Morgan fingerprint density at radius 2 is 1.52 bits per heavy atom. The zero-order chi connectivity index (χ0) is 48.7. The molecular formula is C47H62F2N8O9. The molecule has 1 unspecified atom stereocenters. The van der Waals surface area contributed by atoms with E-state index in [0.717, 1.165) is 28.7 Å². The number of nitrogens with one attached hydrogen (secondary N) is 4. The lowest BCUT2D eigenvalue weighted by atomic mass is 9.83. The van der Waals surface area contributed by atoms with Gasteiger partial charge in [-0.25, -0.2) is 8.78 Å². The fourth-order valence-electron chi connectivity index (χ4n) is 7.68. The first-order valence-electron chi connectivity index (χ1n) is 21.9. The molecule has 0 saturated carbocycles. The Hall–Kier alpha value is -6.31. The van der Waals surface area contributed by atoms with Crippen molar-refractivity contribution in [1.29, 1.82) is 0 Å². The minimum atomic E-state index is -1.43. The number of amides is 7. The van der Waals surface area contributed by atoms with Crippen LogP contribution in [-0.4, -0.2) is 117 Å². The fraction of sp³-hybridized carbons (Fsp3) is 0.468. The molecule has 8 N–H and O–H groups in total. The van der Waals surface area contributed by atoms with Crippen LogP contribution in [0.1, 0.15) is 90.4 Å². The van der Waals surface area contributed by atoms with E-state index < -0.39 is 90.0 Å². The van der Waals surface area contributed by atoms with Crippen LogP contribution in [0.2, 0.25) is 0 Å². The smallest absolute Gasteiger partial charge is 0.253 e. The number of halogens is 2. The number of aliphatic hydroxyl groups excluding tert-OH is 2. The predicted molar refractivity (Wildman–Crippen MR) is 240 cm³/mol. The minimum Gasteiger partial charge on any atom is -0.387 e. The third kappa shape index (κ3) is 15.1. The van der Waals surface area contributed by atoms with E-state index in [1.807, 2.05) is 55.7 Å². The van der Waals surface area contributed by atoms with Crippen LogP contribution >= 0.6 is 0 Å². The van der Waals surface area contributed by atoms with E-state index in [-0.39, 0.29) is 49.9 Å². The highest BCUT2D eigenvalue weighted by atomic mass is 19.1. The van der Waals surface area contributed by atoms with Gasteiger partial charge >= 0.3 is 0 Å². The quantitative estimate of drug-likeness (QED) is 0.0372. The van der Waals surface area contributed by atoms with Gasteiger partial charge in [0.15, 0.2) is 0 Å². The summed E-state index contributed by atoms with van der Waals surface area (Å²) < 4.78 is 31.4. The van der Waals surface area contributed by atoms with E-state index in [4.69, 9.17) is 5.73 Å². The lowest BCUT2D eigenvalue weighted by Crippen LogP contribution is -2.56. The number of nitrogens with two attached hydrogens (primary N) is 1. The molecule has 0 bridgehead atoms. The van der Waals surface area contributed by atoms with Gasteiger partial charge < -0.3 is 41.4 Å². The molecule has 66 heavy (non-hydrogen) atoms. The monoisotopic (exact) mass is 920 g/mol. The Morgan fingerprint density at radius 3 is 2.15 bits per heavy atom. The number of carbonyl (C=O) groups excluding carboxylic acids is 7.